The summed E-state index contributed by atoms with van der Waals surface area (Å²) in [6.07, 6.45) is 29.1. The van der Waals surface area contributed by atoms with Gasteiger partial charge in [0.25, 0.3) is 0 Å². The molecule has 0 heterocycles. The lowest BCUT2D eigenvalue weighted by molar-refractivity contribution is -0.134. The van der Waals surface area contributed by atoms with E-state index >= 15 is 0 Å². The molecule has 0 aliphatic carbocycles. The molecule has 0 saturated heterocycles. The van der Waals surface area contributed by atoms with Gasteiger partial charge in [0.15, 0.2) is 0 Å². The first-order valence-electron chi connectivity index (χ1n) is 10.3. The van der Waals surface area contributed by atoms with Crippen LogP contribution in [-0.4, -0.2) is 5.97 Å². The Balaban J connectivity index is 1.97. The van der Waals surface area contributed by atoms with Crippen molar-refractivity contribution in [1.82, 2.24) is 0 Å². The maximum atomic E-state index is 11.7. The van der Waals surface area contributed by atoms with Crippen LogP contribution in [0.2, 0.25) is 0 Å². The molecular weight excluding hydrogens is 344 g/mol. The van der Waals surface area contributed by atoms with Gasteiger partial charge in [0, 0.05) is 6.42 Å². The highest BCUT2D eigenvalue weighted by Crippen LogP contribution is 2.10. The molecule has 0 saturated carbocycles. The van der Waals surface area contributed by atoms with Gasteiger partial charge in [0.05, 0.1) is 0 Å². The molecule has 1 aromatic carbocycles. The second kappa shape index (κ2) is 17.8. The number of benzene rings is 1. The Bertz CT molecular complexity index is 648. The topological polar surface area (TPSA) is 26.3 Å². The highest BCUT2D eigenvalue weighted by Gasteiger charge is 2.02. The van der Waals surface area contributed by atoms with Crippen molar-refractivity contribution in [3.63, 3.8) is 0 Å². The van der Waals surface area contributed by atoms with Crippen molar-refractivity contribution in [3.8, 4) is 5.75 Å². The van der Waals surface area contributed by atoms with Gasteiger partial charge >= 0.3 is 5.97 Å². The summed E-state index contributed by atoms with van der Waals surface area (Å²) in [5.74, 6) is 0.445. The fraction of sp³-hybridized carbons (Fsp3) is 0.346. The zero-order chi connectivity index (χ0) is 20.1. The van der Waals surface area contributed by atoms with Crippen LogP contribution in [0.15, 0.2) is 91.1 Å². The quantitative estimate of drug-likeness (QED) is 0.145. The molecule has 150 valence electrons. The second-order valence-corrected chi connectivity index (χ2v) is 6.39. The van der Waals surface area contributed by atoms with Crippen LogP contribution in [-0.2, 0) is 4.79 Å². The molecule has 0 spiro atoms. The van der Waals surface area contributed by atoms with Crippen molar-refractivity contribution in [3.05, 3.63) is 91.1 Å². The number of carbonyl (C=O) groups excluding carboxylic acids is 1. The lowest BCUT2D eigenvalue weighted by atomic mass is 10.2. The van der Waals surface area contributed by atoms with Crippen molar-refractivity contribution in [2.75, 3.05) is 0 Å². The standard InChI is InChI=1S/C26H34O2/c1-2-3-4-5-6-7-8-9-10-11-12-13-14-15-16-17-21-24-26(27)28-25-22-19-18-20-23-25/h3-4,6-7,9-10,12-13,15-16,18-20,22-23H,2,5,8,11,14,17,21,24H2,1H3/b4-3-,7-6-,10-9-,13-12-,16-15-. The molecule has 0 atom stereocenters. The lowest BCUT2D eigenvalue weighted by Crippen LogP contribution is -2.06. The van der Waals surface area contributed by atoms with Crippen LogP contribution in [0.1, 0.15) is 58.3 Å². The Kier molecular flexibility index (Phi) is 14.9. The molecule has 0 N–H and O–H groups in total. The van der Waals surface area contributed by atoms with Gasteiger partial charge < -0.3 is 4.74 Å². The molecule has 1 rings (SSSR count). The lowest BCUT2D eigenvalue weighted by Gasteiger charge is -2.02. The number of carbonyl (C=O) groups is 1. The predicted octanol–water partition coefficient (Wildman–Crippen LogP) is 7.51. The van der Waals surface area contributed by atoms with E-state index in [-0.39, 0.29) is 5.97 Å². The van der Waals surface area contributed by atoms with Crippen LogP contribution < -0.4 is 4.74 Å². The smallest absolute Gasteiger partial charge is 0.311 e. The third kappa shape index (κ3) is 14.5. The van der Waals surface area contributed by atoms with Gasteiger partial charge in [-0.3, -0.25) is 4.79 Å². The van der Waals surface area contributed by atoms with Crippen LogP contribution in [0.4, 0.5) is 0 Å². The molecule has 0 bridgehead atoms. The van der Waals surface area contributed by atoms with Gasteiger partial charge in [0.2, 0.25) is 0 Å². The van der Waals surface area contributed by atoms with Crippen molar-refractivity contribution in [2.24, 2.45) is 0 Å². The molecule has 0 radical (unpaired) electrons. The summed E-state index contributed by atoms with van der Waals surface area (Å²) in [5, 5.41) is 0. The minimum atomic E-state index is -0.168. The largest absolute Gasteiger partial charge is 0.427 e. The summed E-state index contributed by atoms with van der Waals surface area (Å²) < 4.78 is 5.26. The molecule has 1 aromatic rings. The van der Waals surface area contributed by atoms with Crippen LogP contribution in [0.3, 0.4) is 0 Å². The van der Waals surface area contributed by atoms with Gasteiger partial charge in [-0.2, -0.15) is 0 Å². The van der Waals surface area contributed by atoms with Gasteiger partial charge in [-0.05, 0) is 57.1 Å². The summed E-state index contributed by atoms with van der Waals surface area (Å²) in [6.45, 7) is 2.15. The highest BCUT2D eigenvalue weighted by atomic mass is 16.5. The monoisotopic (exact) mass is 378 g/mol. The fourth-order valence-electron chi connectivity index (χ4n) is 2.40. The van der Waals surface area contributed by atoms with E-state index in [2.05, 4.69) is 67.7 Å². The first kappa shape index (κ1) is 23.4. The van der Waals surface area contributed by atoms with Crippen LogP contribution in [0.25, 0.3) is 0 Å². The van der Waals surface area contributed by atoms with Crippen LogP contribution in [0, 0.1) is 0 Å². The summed E-state index contributed by atoms with van der Waals surface area (Å²) in [5.41, 5.74) is 0. The van der Waals surface area contributed by atoms with E-state index < -0.39 is 0 Å². The zero-order valence-electron chi connectivity index (χ0n) is 17.1. The van der Waals surface area contributed by atoms with Crippen LogP contribution in [0.5, 0.6) is 5.75 Å². The number of esters is 1. The molecule has 0 aromatic heterocycles. The number of allylic oxidation sites excluding steroid dienone is 10. The normalized spacial score (nSPS) is 12.3. The van der Waals surface area contributed by atoms with E-state index in [1.165, 1.54) is 0 Å². The molecular formula is C26H34O2. The van der Waals surface area contributed by atoms with Gasteiger partial charge in [0.1, 0.15) is 5.75 Å². The zero-order valence-corrected chi connectivity index (χ0v) is 17.1. The third-order valence-electron chi connectivity index (χ3n) is 3.88. The van der Waals surface area contributed by atoms with Gasteiger partial charge in [-0.1, -0.05) is 85.9 Å². The number of unbranched alkanes of at least 4 members (excludes halogenated alkanes) is 1. The van der Waals surface area contributed by atoms with E-state index in [1.54, 1.807) is 12.1 Å². The summed E-state index contributed by atoms with van der Waals surface area (Å²) in [7, 11) is 0. The molecule has 28 heavy (non-hydrogen) atoms. The Labute approximate surface area is 171 Å². The maximum Gasteiger partial charge on any atom is 0.311 e. The number of hydrogen-bond donors (Lipinski definition) is 0. The van der Waals surface area contributed by atoms with Crippen molar-refractivity contribution < 1.29 is 9.53 Å². The number of ether oxygens (including phenoxy) is 1. The summed E-state index contributed by atoms with van der Waals surface area (Å²) >= 11 is 0. The number of rotatable bonds is 14. The predicted molar refractivity (Wildman–Crippen MR) is 120 cm³/mol. The number of para-hydroxylation sites is 1. The molecule has 0 amide bonds. The van der Waals surface area contributed by atoms with Crippen LogP contribution >= 0.6 is 0 Å². The average Bonchev–Trinajstić information content (AvgIpc) is 2.71. The Morgan fingerprint density at radius 1 is 0.750 bits per heavy atom. The first-order valence-corrected chi connectivity index (χ1v) is 10.3. The summed E-state index contributed by atoms with van der Waals surface area (Å²) in [6, 6.07) is 9.21. The Morgan fingerprint density at radius 3 is 1.79 bits per heavy atom. The van der Waals surface area contributed by atoms with Crippen molar-refractivity contribution >= 4 is 5.97 Å². The number of hydrogen-bond acceptors (Lipinski definition) is 2. The molecule has 0 aliphatic rings. The van der Waals surface area contributed by atoms with Crippen molar-refractivity contribution in [2.45, 2.75) is 58.3 Å². The molecule has 2 nitrogen and oxygen atoms in total. The average molecular weight is 379 g/mol. The summed E-state index contributed by atoms with van der Waals surface area (Å²) in [4.78, 5) is 11.7. The Morgan fingerprint density at radius 2 is 1.25 bits per heavy atom. The van der Waals surface area contributed by atoms with Crippen molar-refractivity contribution in [1.29, 1.82) is 0 Å². The molecule has 0 fully saturated rings. The minimum Gasteiger partial charge on any atom is -0.427 e. The fourth-order valence-corrected chi connectivity index (χ4v) is 2.40. The second-order valence-electron chi connectivity index (χ2n) is 6.39. The maximum absolute atomic E-state index is 11.7. The molecule has 0 aliphatic heterocycles. The third-order valence-corrected chi connectivity index (χ3v) is 3.88. The highest BCUT2D eigenvalue weighted by molar-refractivity contribution is 5.72. The van der Waals surface area contributed by atoms with E-state index in [4.69, 9.17) is 4.74 Å². The first-order chi connectivity index (χ1) is 13.8. The SMILES string of the molecule is CC/C=C\C/C=C\C/C=C\C/C=C\C/C=C\CCCC(=O)Oc1ccccc1. The van der Waals surface area contributed by atoms with E-state index in [1.807, 2.05) is 18.2 Å². The van der Waals surface area contributed by atoms with E-state index in [9.17, 15) is 4.79 Å². The Hall–Kier alpha value is -2.61. The van der Waals surface area contributed by atoms with E-state index in [0.29, 0.717) is 12.2 Å². The molecule has 0 unspecified atom stereocenters. The molecule has 2 heteroatoms. The van der Waals surface area contributed by atoms with Gasteiger partial charge in [-0.25, -0.2) is 0 Å². The van der Waals surface area contributed by atoms with E-state index in [0.717, 1.165) is 44.9 Å². The van der Waals surface area contributed by atoms with Gasteiger partial charge in [-0.15, -0.1) is 0 Å². The minimum absolute atomic E-state index is 0.168.